The fourth-order valence-electron chi connectivity index (χ4n) is 4.18. The van der Waals surface area contributed by atoms with Gasteiger partial charge >= 0.3 is 0 Å². The molecule has 0 bridgehead atoms. The lowest BCUT2D eigenvalue weighted by Gasteiger charge is -2.28. The molecule has 1 saturated heterocycles. The van der Waals surface area contributed by atoms with Crippen LogP contribution in [0.15, 0.2) is 58.3 Å². The predicted octanol–water partition coefficient (Wildman–Crippen LogP) is 3.74. The Morgan fingerprint density at radius 1 is 1.09 bits per heavy atom. The minimum atomic E-state index is -3.66. The van der Waals surface area contributed by atoms with Gasteiger partial charge in [-0.15, -0.1) is 11.8 Å². The third-order valence-corrected chi connectivity index (χ3v) is 9.14. The molecular weight excluding hydrogens is 458 g/mol. The molecule has 33 heavy (non-hydrogen) atoms. The summed E-state index contributed by atoms with van der Waals surface area (Å²) in [7, 11) is -1.98. The number of hydrogen-bond donors (Lipinski definition) is 0. The third-order valence-electron chi connectivity index (χ3n) is 6.08. The number of nitrogens with zero attached hydrogens (tertiary/aromatic N) is 3. The quantitative estimate of drug-likeness (QED) is 0.642. The van der Waals surface area contributed by atoms with Crippen LogP contribution in [0, 0.1) is 0 Å². The van der Waals surface area contributed by atoms with Crippen LogP contribution < -0.4 is 9.80 Å². The van der Waals surface area contributed by atoms with Crippen molar-refractivity contribution in [1.82, 2.24) is 4.31 Å². The SMILES string of the molecule is CC1CC(=O)N(CC(=O)N(C)c2ccccc2)c2cc(S(=O)(=O)N3CCCCC3)ccc2S1. The molecule has 7 nitrogen and oxygen atoms in total. The summed E-state index contributed by atoms with van der Waals surface area (Å²) in [5.41, 5.74) is 1.22. The van der Waals surface area contributed by atoms with E-state index in [1.165, 1.54) is 25.9 Å². The van der Waals surface area contributed by atoms with E-state index < -0.39 is 10.0 Å². The predicted molar refractivity (Wildman–Crippen MR) is 131 cm³/mol. The highest BCUT2D eigenvalue weighted by molar-refractivity contribution is 8.00. The summed E-state index contributed by atoms with van der Waals surface area (Å²) in [6, 6.07) is 14.2. The zero-order valence-corrected chi connectivity index (χ0v) is 20.6. The van der Waals surface area contributed by atoms with Gasteiger partial charge in [-0.3, -0.25) is 9.59 Å². The van der Waals surface area contributed by atoms with Gasteiger partial charge in [0.2, 0.25) is 21.8 Å². The average Bonchev–Trinajstić information content (AvgIpc) is 2.94. The van der Waals surface area contributed by atoms with Crippen molar-refractivity contribution < 1.29 is 18.0 Å². The highest BCUT2D eigenvalue weighted by Gasteiger charge is 2.32. The van der Waals surface area contributed by atoms with Gasteiger partial charge in [0.25, 0.3) is 0 Å². The van der Waals surface area contributed by atoms with Crippen LogP contribution in [0.25, 0.3) is 0 Å². The maximum Gasteiger partial charge on any atom is 0.246 e. The number of fused-ring (bicyclic) bond motifs is 1. The Morgan fingerprint density at radius 3 is 2.48 bits per heavy atom. The van der Waals surface area contributed by atoms with E-state index in [1.807, 2.05) is 37.3 Å². The van der Waals surface area contributed by atoms with Gasteiger partial charge in [0.15, 0.2) is 0 Å². The Labute approximate surface area is 199 Å². The second-order valence-corrected chi connectivity index (χ2v) is 11.9. The molecule has 2 amide bonds. The Bertz CT molecular complexity index is 1130. The number of rotatable bonds is 5. The van der Waals surface area contributed by atoms with E-state index >= 15 is 0 Å². The molecule has 2 aromatic rings. The summed E-state index contributed by atoms with van der Waals surface area (Å²) in [4.78, 5) is 30.2. The van der Waals surface area contributed by atoms with E-state index in [9.17, 15) is 18.0 Å². The third kappa shape index (κ3) is 5.10. The van der Waals surface area contributed by atoms with Crippen LogP contribution in [0.1, 0.15) is 32.6 Å². The van der Waals surface area contributed by atoms with E-state index in [1.54, 1.807) is 25.2 Å². The second kappa shape index (κ2) is 9.87. The maximum atomic E-state index is 13.3. The number of carbonyl (C=O) groups excluding carboxylic acids is 2. The normalized spacial score (nSPS) is 19.6. The van der Waals surface area contributed by atoms with E-state index in [-0.39, 0.29) is 34.9 Å². The summed E-state index contributed by atoms with van der Waals surface area (Å²) < 4.78 is 28.1. The van der Waals surface area contributed by atoms with Crippen molar-refractivity contribution >= 4 is 45.0 Å². The fraction of sp³-hybridized carbons (Fsp3) is 0.417. The van der Waals surface area contributed by atoms with Crippen molar-refractivity contribution in [2.24, 2.45) is 0 Å². The molecule has 2 aromatic carbocycles. The molecule has 0 aromatic heterocycles. The maximum absolute atomic E-state index is 13.3. The molecule has 0 aliphatic carbocycles. The van der Waals surface area contributed by atoms with Crippen molar-refractivity contribution in [3.05, 3.63) is 48.5 Å². The van der Waals surface area contributed by atoms with E-state index in [0.717, 1.165) is 29.8 Å². The molecule has 9 heteroatoms. The first-order valence-electron chi connectivity index (χ1n) is 11.2. The molecule has 1 atom stereocenters. The first-order valence-corrected chi connectivity index (χ1v) is 13.5. The van der Waals surface area contributed by atoms with Gasteiger partial charge in [-0.25, -0.2) is 8.42 Å². The van der Waals surface area contributed by atoms with Crippen molar-refractivity contribution in [2.45, 2.75) is 47.6 Å². The van der Waals surface area contributed by atoms with Crippen molar-refractivity contribution in [2.75, 3.05) is 36.5 Å². The van der Waals surface area contributed by atoms with Gasteiger partial charge < -0.3 is 9.80 Å². The zero-order chi connectivity index (χ0) is 23.6. The van der Waals surface area contributed by atoms with Crippen LogP contribution in [-0.2, 0) is 19.6 Å². The van der Waals surface area contributed by atoms with Crippen molar-refractivity contribution in [3.63, 3.8) is 0 Å². The molecule has 176 valence electrons. The van der Waals surface area contributed by atoms with Gasteiger partial charge in [0.05, 0.1) is 10.6 Å². The molecule has 0 N–H and O–H groups in total. The zero-order valence-electron chi connectivity index (χ0n) is 18.9. The summed E-state index contributed by atoms with van der Waals surface area (Å²) in [5, 5.41) is 0.0211. The van der Waals surface area contributed by atoms with Crippen LogP contribution >= 0.6 is 11.8 Å². The molecule has 2 aliphatic heterocycles. The highest BCUT2D eigenvalue weighted by atomic mass is 32.2. The fourth-order valence-corrected chi connectivity index (χ4v) is 6.82. The van der Waals surface area contributed by atoms with Crippen LogP contribution in [0.5, 0.6) is 0 Å². The van der Waals surface area contributed by atoms with Crippen LogP contribution in [0.3, 0.4) is 0 Å². The summed E-state index contributed by atoms with van der Waals surface area (Å²) in [6.07, 6.45) is 3.00. The topological polar surface area (TPSA) is 78.0 Å². The smallest absolute Gasteiger partial charge is 0.246 e. The number of piperidine rings is 1. The number of amides is 2. The molecular formula is C24H29N3O4S2. The van der Waals surface area contributed by atoms with Crippen LogP contribution in [-0.4, -0.2) is 56.5 Å². The molecule has 0 radical (unpaired) electrons. The standard InChI is InChI=1S/C24H29N3O4S2/c1-18-15-23(28)27(17-24(29)25(2)19-9-5-3-6-10-19)21-16-20(11-12-22(21)32-18)33(30,31)26-13-7-4-8-14-26/h3,5-6,9-12,16,18H,4,7-8,13-15,17H2,1-2H3. The Hall–Kier alpha value is -2.36. The summed E-state index contributed by atoms with van der Waals surface area (Å²) in [6.45, 7) is 2.83. The molecule has 1 fully saturated rings. The number of carbonyl (C=O) groups is 2. The van der Waals surface area contributed by atoms with Gasteiger partial charge in [-0.1, -0.05) is 31.5 Å². The van der Waals surface area contributed by atoms with E-state index in [2.05, 4.69) is 0 Å². The summed E-state index contributed by atoms with van der Waals surface area (Å²) >= 11 is 1.53. The minimum Gasteiger partial charge on any atom is -0.314 e. The number of para-hydroxylation sites is 1. The Morgan fingerprint density at radius 2 is 1.79 bits per heavy atom. The first-order chi connectivity index (χ1) is 15.8. The number of thioether (sulfide) groups is 1. The average molecular weight is 488 g/mol. The van der Waals surface area contributed by atoms with Gasteiger partial charge in [-0.05, 0) is 43.2 Å². The molecule has 0 spiro atoms. The molecule has 2 aliphatic rings. The number of hydrogen-bond acceptors (Lipinski definition) is 5. The number of sulfonamides is 1. The number of benzene rings is 2. The van der Waals surface area contributed by atoms with Gasteiger partial charge in [-0.2, -0.15) is 4.31 Å². The van der Waals surface area contributed by atoms with E-state index in [4.69, 9.17) is 0 Å². The molecule has 0 saturated carbocycles. The molecule has 2 heterocycles. The lowest BCUT2D eigenvalue weighted by Crippen LogP contribution is -2.42. The lowest BCUT2D eigenvalue weighted by molar-refractivity contribution is -0.122. The monoisotopic (exact) mass is 487 g/mol. The Balaban J connectivity index is 1.68. The molecule has 4 rings (SSSR count). The van der Waals surface area contributed by atoms with Crippen molar-refractivity contribution in [3.8, 4) is 0 Å². The highest BCUT2D eigenvalue weighted by Crippen LogP contribution is 2.40. The van der Waals surface area contributed by atoms with Gasteiger partial charge in [0.1, 0.15) is 6.54 Å². The van der Waals surface area contributed by atoms with Crippen LogP contribution in [0.4, 0.5) is 11.4 Å². The lowest BCUT2D eigenvalue weighted by atomic mass is 10.2. The first kappa shape index (κ1) is 23.8. The minimum absolute atomic E-state index is 0.0211. The Kier molecular flexibility index (Phi) is 7.11. The molecule has 1 unspecified atom stereocenters. The van der Waals surface area contributed by atoms with Crippen LogP contribution in [0.2, 0.25) is 0 Å². The second-order valence-electron chi connectivity index (χ2n) is 8.50. The number of likely N-dealkylation sites (N-methyl/N-ethyl adjacent to an activating group) is 1. The number of anilines is 2. The van der Waals surface area contributed by atoms with Gasteiger partial charge in [0, 0.05) is 42.4 Å². The summed E-state index contributed by atoms with van der Waals surface area (Å²) in [5.74, 6) is -0.430. The van der Waals surface area contributed by atoms with E-state index in [0.29, 0.717) is 18.8 Å². The van der Waals surface area contributed by atoms with Crippen molar-refractivity contribution in [1.29, 1.82) is 0 Å². The largest absolute Gasteiger partial charge is 0.314 e.